The van der Waals surface area contributed by atoms with Crippen molar-refractivity contribution in [2.75, 3.05) is 19.6 Å². The van der Waals surface area contributed by atoms with Gasteiger partial charge in [0.25, 0.3) is 5.91 Å². The highest BCUT2D eigenvalue weighted by Gasteiger charge is 2.52. The Hall–Kier alpha value is -3.53. The van der Waals surface area contributed by atoms with Crippen molar-refractivity contribution in [3.8, 4) is 10.4 Å². The van der Waals surface area contributed by atoms with Crippen molar-refractivity contribution < 1.29 is 24.0 Å². The lowest BCUT2D eigenvalue weighted by Gasteiger charge is -2.29. The first kappa shape index (κ1) is 26.5. The Kier molecular flexibility index (Phi) is 8.06. The van der Waals surface area contributed by atoms with Crippen molar-refractivity contribution in [2.45, 2.75) is 51.7 Å². The van der Waals surface area contributed by atoms with E-state index in [-0.39, 0.29) is 48.4 Å². The van der Waals surface area contributed by atoms with Gasteiger partial charge in [0, 0.05) is 18.3 Å². The monoisotopic (exact) mass is 524 g/mol. The molecule has 0 spiro atoms. The molecule has 2 aliphatic heterocycles. The van der Waals surface area contributed by atoms with Crippen molar-refractivity contribution in [1.29, 1.82) is 0 Å². The van der Waals surface area contributed by atoms with Crippen LogP contribution < -0.4 is 10.6 Å². The molecule has 2 fully saturated rings. The molecule has 4 rings (SSSR count). The van der Waals surface area contributed by atoms with Crippen molar-refractivity contribution in [2.24, 2.45) is 5.92 Å². The number of thiophene rings is 1. The summed E-state index contributed by atoms with van der Waals surface area (Å²) in [5, 5.41) is 5.38. The molecule has 3 heterocycles. The number of Topliss-reactive ketones (excluding diaryl/α,β-unsaturated/α-hetero) is 1. The number of amides is 4. The van der Waals surface area contributed by atoms with Gasteiger partial charge in [-0.2, -0.15) is 0 Å². The molecule has 196 valence electrons. The van der Waals surface area contributed by atoms with E-state index >= 15 is 0 Å². The summed E-state index contributed by atoms with van der Waals surface area (Å²) in [5.41, 5.74) is 1.02. The summed E-state index contributed by atoms with van der Waals surface area (Å²) in [5.74, 6) is -1.37. The molecule has 1 aromatic heterocycles. The minimum Gasteiger partial charge on any atom is -0.347 e. The van der Waals surface area contributed by atoms with Crippen LogP contribution in [0.5, 0.6) is 0 Å². The molecule has 0 radical (unpaired) electrons. The lowest BCUT2D eigenvalue weighted by atomic mass is 10.0. The van der Waals surface area contributed by atoms with E-state index in [1.807, 2.05) is 50.2 Å². The fourth-order valence-corrected chi connectivity index (χ4v) is 5.95. The first-order chi connectivity index (χ1) is 17.7. The normalized spacial score (nSPS) is 19.6. The van der Waals surface area contributed by atoms with Crippen LogP contribution in [0.2, 0.25) is 0 Å². The Morgan fingerprint density at radius 1 is 1.05 bits per heavy atom. The van der Waals surface area contributed by atoms with Crippen LogP contribution >= 0.6 is 11.3 Å². The maximum Gasteiger partial charge on any atom is 0.262 e. The minimum atomic E-state index is -0.787. The van der Waals surface area contributed by atoms with Crippen LogP contribution in [-0.2, 0) is 19.2 Å². The predicted octanol–water partition coefficient (Wildman–Crippen LogP) is 2.08. The molecule has 9 nitrogen and oxygen atoms in total. The third-order valence-corrected chi connectivity index (χ3v) is 7.85. The molecular weight excluding hydrogens is 492 g/mol. The van der Waals surface area contributed by atoms with Gasteiger partial charge in [0.2, 0.25) is 17.7 Å². The van der Waals surface area contributed by atoms with Crippen LogP contribution in [0.25, 0.3) is 10.4 Å². The molecule has 3 atom stereocenters. The summed E-state index contributed by atoms with van der Waals surface area (Å²) in [7, 11) is 0. The highest BCUT2D eigenvalue weighted by atomic mass is 32.1. The first-order valence-electron chi connectivity index (χ1n) is 12.5. The molecule has 2 aliphatic rings. The van der Waals surface area contributed by atoms with E-state index in [4.69, 9.17) is 0 Å². The second kappa shape index (κ2) is 11.2. The summed E-state index contributed by atoms with van der Waals surface area (Å²) in [6.45, 7) is 5.32. The molecule has 0 saturated carbocycles. The summed E-state index contributed by atoms with van der Waals surface area (Å²) in [6.07, 6.45) is 0.899. The maximum atomic E-state index is 13.7. The third-order valence-electron chi connectivity index (χ3n) is 6.71. The molecule has 2 saturated heterocycles. The molecule has 10 heteroatoms. The Labute approximate surface area is 220 Å². The quantitative estimate of drug-likeness (QED) is 0.549. The molecular formula is C27H32N4O5S. The average molecular weight is 525 g/mol. The largest absolute Gasteiger partial charge is 0.347 e. The van der Waals surface area contributed by atoms with E-state index in [1.54, 1.807) is 6.07 Å². The fraction of sp³-hybridized carbons (Fsp3) is 0.444. The number of benzene rings is 1. The van der Waals surface area contributed by atoms with Gasteiger partial charge in [0.1, 0.15) is 12.1 Å². The van der Waals surface area contributed by atoms with E-state index < -0.39 is 18.1 Å². The number of carbonyl (C=O) groups excluding carboxylic acids is 5. The Balaban J connectivity index is 1.46. The van der Waals surface area contributed by atoms with Gasteiger partial charge in [-0.25, -0.2) is 0 Å². The lowest BCUT2D eigenvalue weighted by molar-refractivity contribution is -0.138. The molecule has 3 unspecified atom stereocenters. The van der Waals surface area contributed by atoms with E-state index in [1.165, 1.54) is 28.1 Å². The number of carbonyl (C=O) groups is 5. The Morgan fingerprint density at radius 3 is 2.46 bits per heavy atom. The van der Waals surface area contributed by atoms with Crippen molar-refractivity contribution in [3.63, 3.8) is 0 Å². The third kappa shape index (κ3) is 5.90. The van der Waals surface area contributed by atoms with E-state index in [2.05, 4.69) is 10.6 Å². The summed E-state index contributed by atoms with van der Waals surface area (Å²) < 4.78 is 0. The molecule has 37 heavy (non-hydrogen) atoms. The SMILES string of the molecule is CC(=O)NCC(=O)N1CC(=O)C2C1CCN2C(=O)C(CC(C)C)NC(=O)c1ccc(-c2ccccc2)s1. The molecule has 2 aromatic rings. The summed E-state index contributed by atoms with van der Waals surface area (Å²) in [6, 6.07) is 11.5. The zero-order chi connectivity index (χ0) is 26.7. The number of likely N-dealkylation sites (tertiary alicyclic amines) is 2. The van der Waals surface area contributed by atoms with Gasteiger partial charge >= 0.3 is 0 Å². The van der Waals surface area contributed by atoms with Gasteiger partial charge in [-0.3, -0.25) is 24.0 Å². The molecule has 0 bridgehead atoms. The number of fused-ring (bicyclic) bond motifs is 1. The number of nitrogens with zero attached hydrogens (tertiary/aromatic N) is 2. The summed E-state index contributed by atoms with van der Waals surface area (Å²) >= 11 is 1.36. The van der Waals surface area contributed by atoms with Crippen LogP contribution in [0.4, 0.5) is 0 Å². The average Bonchev–Trinajstić information content (AvgIpc) is 3.59. The van der Waals surface area contributed by atoms with Gasteiger partial charge in [0.15, 0.2) is 5.78 Å². The van der Waals surface area contributed by atoms with Crippen molar-refractivity contribution in [1.82, 2.24) is 20.4 Å². The van der Waals surface area contributed by atoms with E-state index in [0.717, 1.165) is 10.4 Å². The number of nitrogens with one attached hydrogen (secondary N) is 2. The number of ketones is 1. The van der Waals surface area contributed by atoms with Gasteiger partial charge in [0.05, 0.1) is 24.0 Å². The molecule has 2 N–H and O–H groups in total. The molecule has 1 aromatic carbocycles. The van der Waals surface area contributed by atoms with Crippen LogP contribution in [0.3, 0.4) is 0 Å². The Morgan fingerprint density at radius 2 is 1.78 bits per heavy atom. The van der Waals surface area contributed by atoms with Crippen molar-refractivity contribution in [3.05, 3.63) is 47.3 Å². The topological polar surface area (TPSA) is 116 Å². The number of hydrogen-bond acceptors (Lipinski definition) is 6. The van der Waals surface area contributed by atoms with Gasteiger partial charge < -0.3 is 20.4 Å². The minimum absolute atomic E-state index is 0.0871. The van der Waals surface area contributed by atoms with Crippen LogP contribution in [0, 0.1) is 5.92 Å². The highest BCUT2D eigenvalue weighted by Crippen LogP contribution is 2.31. The summed E-state index contributed by atoms with van der Waals surface area (Å²) in [4.78, 5) is 67.9. The van der Waals surface area contributed by atoms with Crippen LogP contribution in [-0.4, -0.2) is 77.0 Å². The molecule has 4 amide bonds. The lowest BCUT2D eigenvalue weighted by Crippen LogP contribution is -2.53. The van der Waals surface area contributed by atoms with Crippen molar-refractivity contribution >= 4 is 40.7 Å². The second-order valence-corrected chi connectivity index (χ2v) is 11.0. The zero-order valence-electron chi connectivity index (χ0n) is 21.2. The fourth-order valence-electron chi connectivity index (χ4n) is 5.03. The number of hydrogen-bond donors (Lipinski definition) is 2. The smallest absolute Gasteiger partial charge is 0.262 e. The zero-order valence-corrected chi connectivity index (χ0v) is 22.0. The molecule has 0 aliphatic carbocycles. The maximum absolute atomic E-state index is 13.7. The first-order valence-corrected chi connectivity index (χ1v) is 13.3. The van der Waals surface area contributed by atoms with Gasteiger partial charge in [-0.15, -0.1) is 11.3 Å². The standard InChI is InChI=1S/C27H32N4O5S/c1-16(2)13-19(29-26(35)23-10-9-22(37-23)18-7-5-4-6-8-18)27(36)30-12-11-20-25(30)21(33)15-31(20)24(34)14-28-17(3)32/h4-10,16,19-20,25H,11-15H2,1-3H3,(H,28,32)(H,29,35). The van der Waals surface area contributed by atoms with Crippen LogP contribution in [0.15, 0.2) is 42.5 Å². The van der Waals surface area contributed by atoms with E-state index in [9.17, 15) is 24.0 Å². The van der Waals surface area contributed by atoms with E-state index in [0.29, 0.717) is 24.3 Å². The Bertz CT molecular complexity index is 1190. The second-order valence-electron chi connectivity index (χ2n) is 9.92. The van der Waals surface area contributed by atoms with Gasteiger partial charge in [-0.05, 0) is 36.5 Å². The van der Waals surface area contributed by atoms with Gasteiger partial charge in [-0.1, -0.05) is 44.2 Å². The highest BCUT2D eigenvalue weighted by molar-refractivity contribution is 7.17. The number of rotatable bonds is 8. The van der Waals surface area contributed by atoms with Crippen LogP contribution in [0.1, 0.15) is 43.3 Å². The predicted molar refractivity (Wildman–Crippen MR) is 140 cm³/mol.